The fourth-order valence-electron chi connectivity index (χ4n) is 2.04. The van der Waals surface area contributed by atoms with E-state index in [0.717, 1.165) is 0 Å². The highest BCUT2D eigenvalue weighted by molar-refractivity contribution is 9.10. The van der Waals surface area contributed by atoms with Crippen LogP contribution in [0.3, 0.4) is 0 Å². The van der Waals surface area contributed by atoms with Gasteiger partial charge >= 0.3 is 5.76 Å². The standard InChI is InChI=1S/C14H9BrFNO3/c15-12-8(2-1-3-9(12)16)13(18)7-4-5-10-11(6-7)20-14(19)17-10/h1-6,13,18H,(H,17,19). The van der Waals surface area contributed by atoms with Gasteiger partial charge in [-0.25, -0.2) is 9.18 Å². The zero-order valence-electron chi connectivity index (χ0n) is 10.1. The van der Waals surface area contributed by atoms with E-state index in [1.54, 1.807) is 24.3 Å². The van der Waals surface area contributed by atoms with E-state index >= 15 is 0 Å². The Bertz CT molecular complexity index is 840. The fraction of sp³-hybridized carbons (Fsp3) is 0.0714. The molecule has 6 heteroatoms. The molecule has 0 aliphatic carbocycles. The lowest BCUT2D eigenvalue weighted by molar-refractivity contribution is 0.219. The monoisotopic (exact) mass is 337 g/mol. The molecule has 0 aliphatic heterocycles. The zero-order chi connectivity index (χ0) is 14.3. The second-order valence-electron chi connectivity index (χ2n) is 4.32. The third-order valence-corrected chi connectivity index (χ3v) is 3.87. The van der Waals surface area contributed by atoms with Crippen molar-refractivity contribution in [1.82, 2.24) is 4.98 Å². The summed E-state index contributed by atoms with van der Waals surface area (Å²) in [6.07, 6.45) is -1.02. The van der Waals surface area contributed by atoms with Crippen LogP contribution >= 0.6 is 15.9 Å². The number of benzene rings is 2. The molecule has 0 bridgehead atoms. The van der Waals surface area contributed by atoms with Crippen molar-refractivity contribution >= 4 is 27.0 Å². The molecule has 3 aromatic rings. The average molecular weight is 338 g/mol. The molecule has 1 atom stereocenters. The smallest absolute Gasteiger partial charge is 0.408 e. The zero-order valence-corrected chi connectivity index (χ0v) is 11.6. The van der Waals surface area contributed by atoms with Crippen molar-refractivity contribution in [1.29, 1.82) is 0 Å². The van der Waals surface area contributed by atoms with Gasteiger partial charge in [-0.15, -0.1) is 0 Å². The second-order valence-corrected chi connectivity index (χ2v) is 5.11. The Kier molecular flexibility index (Phi) is 3.19. The first-order valence-corrected chi connectivity index (χ1v) is 6.60. The van der Waals surface area contributed by atoms with Crippen LogP contribution in [0.5, 0.6) is 0 Å². The van der Waals surface area contributed by atoms with E-state index in [4.69, 9.17) is 4.42 Å². The van der Waals surface area contributed by atoms with Gasteiger partial charge < -0.3 is 9.52 Å². The van der Waals surface area contributed by atoms with Crippen LogP contribution in [0.4, 0.5) is 4.39 Å². The number of halogens is 2. The highest BCUT2D eigenvalue weighted by Gasteiger charge is 2.17. The maximum Gasteiger partial charge on any atom is 0.417 e. The largest absolute Gasteiger partial charge is 0.417 e. The topological polar surface area (TPSA) is 66.2 Å². The molecule has 0 aliphatic rings. The van der Waals surface area contributed by atoms with E-state index in [-0.39, 0.29) is 4.47 Å². The van der Waals surface area contributed by atoms with Gasteiger partial charge in [0.1, 0.15) is 11.9 Å². The summed E-state index contributed by atoms with van der Waals surface area (Å²) in [4.78, 5) is 13.6. The van der Waals surface area contributed by atoms with Gasteiger partial charge in [-0.2, -0.15) is 0 Å². The number of nitrogens with one attached hydrogen (secondary N) is 1. The molecular weight excluding hydrogens is 329 g/mol. The SMILES string of the molecule is O=c1[nH]c2ccc(C(O)c3cccc(F)c3Br)cc2o1. The molecule has 20 heavy (non-hydrogen) atoms. The maximum atomic E-state index is 13.5. The predicted molar refractivity (Wildman–Crippen MR) is 75.0 cm³/mol. The lowest BCUT2D eigenvalue weighted by Crippen LogP contribution is -2.01. The molecule has 1 heterocycles. The number of aromatic amines is 1. The highest BCUT2D eigenvalue weighted by atomic mass is 79.9. The average Bonchev–Trinajstić information content (AvgIpc) is 2.80. The van der Waals surface area contributed by atoms with Crippen molar-refractivity contribution in [2.45, 2.75) is 6.10 Å². The van der Waals surface area contributed by atoms with Crippen LogP contribution in [0, 0.1) is 5.82 Å². The third-order valence-electron chi connectivity index (χ3n) is 3.04. The molecule has 0 fully saturated rings. The third kappa shape index (κ3) is 2.17. The van der Waals surface area contributed by atoms with E-state index < -0.39 is 17.7 Å². The number of aromatic nitrogens is 1. The summed E-state index contributed by atoms with van der Waals surface area (Å²) in [5.41, 5.74) is 1.80. The van der Waals surface area contributed by atoms with Gasteiger partial charge in [-0.3, -0.25) is 4.98 Å². The van der Waals surface area contributed by atoms with Crippen LogP contribution in [0.25, 0.3) is 11.1 Å². The predicted octanol–water partition coefficient (Wildman–Crippen LogP) is 3.10. The Morgan fingerprint density at radius 1 is 1.30 bits per heavy atom. The number of fused-ring (bicyclic) bond motifs is 1. The normalized spacial score (nSPS) is 12.8. The molecule has 102 valence electrons. The Balaban J connectivity index is 2.09. The number of aliphatic hydroxyl groups excluding tert-OH is 1. The van der Waals surface area contributed by atoms with Crippen molar-refractivity contribution in [3.8, 4) is 0 Å². The molecule has 2 N–H and O–H groups in total. The number of hydrogen-bond acceptors (Lipinski definition) is 3. The van der Waals surface area contributed by atoms with Gasteiger partial charge in [0.2, 0.25) is 0 Å². The minimum absolute atomic E-state index is 0.211. The fourth-order valence-corrected chi connectivity index (χ4v) is 2.52. The molecule has 0 saturated carbocycles. The van der Waals surface area contributed by atoms with Crippen LogP contribution in [-0.2, 0) is 0 Å². The first-order chi connectivity index (χ1) is 9.56. The van der Waals surface area contributed by atoms with Crippen LogP contribution in [-0.4, -0.2) is 10.1 Å². The van der Waals surface area contributed by atoms with E-state index in [0.29, 0.717) is 22.2 Å². The number of oxazole rings is 1. The van der Waals surface area contributed by atoms with Gasteiger partial charge in [-0.1, -0.05) is 18.2 Å². The summed E-state index contributed by atoms with van der Waals surface area (Å²) in [5, 5.41) is 10.3. The second kappa shape index (κ2) is 4.88. The van der Waals surface area contributed by atoms with E-state index in [1.807, 2.05) is 0 Å². The molecular formula is C14H9BrFNO3. The van der Waals surface area contributed by atoms with E-state index in [2.05, 4.69) is 20.9 Å². The van der Waals surface area contributed by atoms with Crippen LogP contribution in [0.1, 0.15) is 17.2 Å². The molecule has 4 nitrogen and oxygen atoms in total. The first-order valence-electron chi connectivity index (χ1n) is 5.81. The Morgan fingerprint density at radius 2 is 2.10 bits per heavy atom. The van der Waals surface area contributed by atoms with Crippen LogP contribution in [0.2, 0.25) is 0 Å². The van der Waals surface area contributed by atoms with Gasteiger partial charge in [0.15, 0.2) is 5.58 Å². The molecule has 3 rings (SSSR count). The van der Waals surface area contributed by atoms with Gasteiger partial charge in [-0.05, 0) is 39.7 Å². The maximum absolute atomic E-state index is 13.5. The summed E-state index contributed by atoms with van der Waals surface area (Å²) in [5.74, 6) is -1.01. The summed E-state index contributed by atoms with van der Waals surface area (Å²) in [6.45, 7) is 0. The van der Waals surface area contributed by atoms with E-state index in [1.165, 1.54) is 12.1 Å². The molecule has 0 saturated heterocycles. The van der Waals surface area contributed by atoms with Crippen molar-refractivity contribution in [2.75, 3.05) is 0 Å². The highest BCUT2D eigenvalue weighted by Crippen LogP contribution is 2.31. The van der Waals surface area contributed by atoms with Crippen LogP contribution in [0.15, 0.2) is 50.1 Å². The minimum Gasteiger partial charge on any atom is -0.408 e. The Labute approximate surface area is 121 Å². The van der Waals surface area contributed by atoms with Crippen LogP contribution < -0.4 is 5.76 Å². The molecule has 2 aromatic carbocycles. The molecule has 0 spiro atoms. The number of H-pyrrole nitrogens is 1. The Hall–Kier alpha value is -1.92. The summed E-state index contributed by atoms with van der Waals surface area (Å²) < 4.78 is 18.6. The molecule has 1 unspecified atom stereocenters. The number of hydrogen-bond donors (Lipinski definition) is 2. The van der Waals surface area contributed by atoms with Gasteiger partial charge in [0.25, 0.3) is 0 Å². The minimum atomic E-state index is -1.02. The first kappa shape index (κ1) is 13.1. The molecule has 0 radical (unpaired) electrons. The number of rotatable bonds is 2. The van der Waals surface area contributed by atoms with Crippen molar-refractivity contribution in [3.05, 3.63) is 68.4 Å². The summed E-state index contributed by atoms with van der Waals surface area (Å²) >= 11 is 3.12. The van der Waals surface area contributed by atoms with Crippen molar-refractivity contribution in [3.63, 3.8) is 0 Å². The summed E-state index contributed by atoms with van der Waals surface area (Å²) in [7, 11) is 0. The van der Waals surface area contributed by atoms with Crippen molar-refractivity contribution < 1.29 is 13.9 Å². The molecule has 1 aromatic heterocycles. The van der Waals surface area contributed by atoms with E-state index in [9.17, 15) is 14.3 Å². The molecule has 0 amide bonds. The quantitative estimate of drug-likeness (QED) is 0.755. The van der Waals surface area contributed by atoms with Gasteiger partial charge in [0.05, 0.1) is 9.99 Å². The summed E-state index contributed by atoms with van der Waals surface area (Å²) in [6, 6.07) is 9.27. The lowest BCUT2D eigenvalue weighted by atomic mass is 10.0. The Morgan fingerprint density at radius 3 is 2.90 bits per heavy atom. The van der Waals surface area contributed by atoms with Gasteiger partial charge in [0, 0.05) is 5.56 Å². The lowest BCUT2D eigenvalue weighted by Gasteiger charge is -2.13. The van der Waals surface area contributed by atoms with Crippen molar-refractivity contribution in [2.24, 2.45) is 0 Å². The number of aliphatic hydroxyl groups is 1.